The van der Waals surface area contributed by atoms with Crippen molar-refractivity contribution in [3.05, 3.63) is 75.8 Å². The number of amidine groups is 1. The summed E-state index contributed by atoms with van der Waals surface area (Å²) in [6.07, 6.45) is -1.07. The van der Waals surface area contributed by atoms with Crippen LogP contribution in [0.15, 0.2) is 64.6 Å². The molecule has 146 valence electrons. The maximum atomic E-state index is 12.7. The van der Waals surface area contributed by atoms with Crippen LogP contribution in [-0.4, -0.2) is 16.1 Å². The maximum absolute atomic E-state index is 12.7. The number of amides is 1. The zero-order valence-electron chi connectivity index (χ0n) is 14.5. The van der Waals surface area contributed by atoms with E-state index in [1.807, 2.05) is 30.3 Å². The number of fused-ring (bicyclic) bond motifs is 1. The van der Waals surface area contributed by atoms with Crippen molar-refractivity contribution in [1.82, 2.24) is 10.3 Å². The van der Waals surface area contributed by atoms with Crippen LogP contribution in [0.3, 0.4) is 0 Å². The molecule has 3 aromatic rings. The topological polar surface area (TPSA) is 54.4 Å². The summed E-state index contributed by atoms with van der Waals surface area (Å²) in [6, 6.07) is 12.2. The molecule has 9 heteroatoms. The van der Waals surface area contributed by atoms with E-state index in [4.69, 9.17) is 11.6 Å². The Labute approximate surface area is 172 Å². The molecule has 1 aromatic heterocycles. The lowest BCUT2D eigenvalue weighted by molar-refractivity contribution is -0.137. The third-order valence-electron chi connectivity index (χ3n) is 4.07. The Balaban J connectivity index is 1.59. The summed E-state index contributed by atoms with van der Waals surface area (Å²) in [7, 11) is 0. The van der Waals surface area contributed by atoms with Gasteiger partial charge < -0.3 is 5.32 Å². The molecule has 4 nitrogen and oxygen atoms in total. The first-order chi connectivity index (χ1) is 13.8. The van der Waals surface area contributed by atoms with E-state index in [9.17, 15) is 18.0 Å². The van der Waals surface area contributed by atoms with E-state index in [1.54, 1.807) is 12.3 Å². The van der Waals surface area contributed by atoms with Crippen molar-refractivity contribution in [2.45, 2.75) is 6.18 Å². The van der Waals surface area contributed by atoms with Crippen molar-refractivity contribution in [3.63, 3.8) is 0 Å². The average molecular weight is 434 g/mol. The van der Waals surface area contributed by atoms with Gasteiger partial charge in [-0.3, -0.25) is 9.78 Å². The van der Waals surface area contributed by atoms with E-state index in [0.717, 1.165) is 40.4 Å². The predicted molar refractivity (Wildman–Crippen MR) is 109 cm³/mol. The summed E-state index contributed by atoms with van der Waals surface area (Å²) in [6.45, 7) is 0. The van der Waals surface area contributed by atoms with Crippen molar-refractivity contribution in [1.29, 1.82) is 0 Å². The van der Waals surface area contributed by atoms with Gasteiger partial charge in [0.25, 0.3) is 5.91 Å². The van der Waals surface area contributed by atoms with E-state index < -0.39 is 11.7 Å². The number of benzene rings is 2. The van der Waals surface area contributed by atoms with Gasteiger partial charge in [-0.05, 0) is 59.8 Å². The molecule has 0 aliphatic carbocycles. The third kappa shape index (κ3) is 4.28. The minimum atomic E-state index is -4.49. The molecule has 4 rings (SSSR count). The maximum Gasteiger partial charge on any atom is 0.416 e. The molecule has 1 N–H and O–H groups in total. The molecule has 0 bridgehead atoms. The van der Waals surface area contributed by atoms with Gasteiger partial charge in [0.15, 0.2) is 5.17 Å². The Kier molecular flexibility index (Phi) is 5.06. The highest BCUT2D eigenvalue weighted by Crippen LogP contribution is 2.36. The number of aromatic nitrogens is 1. The lowest BCUT2D eigenvalue weighted by atomic mass is 10.1. The first-order valence-electron chi connectivity index (χ1n) is 8.31. The molecule has 1 aliphatic heterocycles. The normalized spacial score (nSPS) is 17.3. The van der Waals surface area contributed by atoms with Crippen LogP contribution < -0.4 is 5.32 Å². The Morgan fingerprint density at radius 3 is 2.72 bits per heavy atom. The van der Waals surface area contributed by atoms with Crippen molar-refractivity contribution >= 4 is 57.1 Å². The predicted octanol–water partition coefficient (Wildman–Crippen LogP) is 5.80. The zero-order chi connectivity index (χ0) is 20.6. The van der Waals surface area contributed by atoms with Gasteiger partial charge in [-0.15, -0.1) is 0 Å². The van der Waals surface area contributed by atoms with E-state index in [-0.39, 0.29) is 21.8 Å². The van der Waals surface area contributed by atoms with Gasteiger partial charge in [-0.1, -0.05) is 23.7 Å². The second kappa shape index (κ2) is 7.53. The second-order valence-corrected chi connectivity index (χ2v) is 7.54. The number of nitrogens with one attached hydrogen (secondary N) is 1. The number of halogens is 4. The average Bonchev–Trinajstić information content (AvgIpc) is 3.01. The molecular weight excluding hydrogens is 423 g/mol. The minimum Gasteiger partial charge on any atom is -0.300 e. The van der Waals surface area contributed by atoms with E-state index in [1.165, 1.54) is 6.07 Å². The molecule has 0 saturated carbocycles. The number of thioether (sulfide) groups is 1. The van der Waals surface area contributed by atoms with Crippen LogP contribution >= 0.6 is 23.4 Å². The molecule has 1 aliphatic rings. The van der Waals surface area contributed by atoms with Gasteiger partial charge in [0.2, 0.25) is 0 Å². The summed E-state index contributed by atoms with van der Waals surface area (Å²) >= 11 is 7.01. The van der Waals surface area contributed by atoms with Crippen LogP contribution in [0, 0.1) is 0 Å². The quantitative estimate of drug-likeness (QED) is 0.520. The van der Waals surface area contributed by atoms with Crippen LogP contribution in [-0.2, 0) is 11.0 Å². The highest BCUT2D eigenvalue weighted by atomic mass is 35.5. The van der Waals surface area contributed by atoms with Crippen LogP contribution in [0.5, 0.6) is 0 Å². The fourth-order valence-corrected chi connectivity index (χ4v) is 3.76. The standard InChI is InChI=1S/C20H11ClF3N3OS/c21-14-10-13(20(22,23)24)4-6-16(14)26-19-27-18(28)17(29-19)9-11-3-5-15-12(8-11)2-1-7-25-15/h1-10H,(H,26,27,28)/b17-9-. The summed E-state index contributed by atoms with van der Waals surface area (Å²) in [4.78, 5) is 21.1. The number of hydrogen-bond donors (Lipinski definition) is 1. The van der Waals surface area contributed by atoms with E-state index in [2.05, 4.69) is 15.3 Å². The SMILES string of the molecule is O=C1NC(=Nc2ccc(C(F)(F)F)cc2Cl)S/C1=C\c1ccc2ncccc2c1. The van der Waals surface area contributed by atoms with Crippen LogP contribution in [0.4, 0.5) is 18.9 Å². The molecule has 0 radical (unpaired) electrons. The zero-order valence-corrected chi connectivity index (χ0v) is 16.1. The summed E-state index contributed by atoms with van der Waals surface area (Å²) in [5, 5.41) is 3.62. The molecule has 1 amide bonds. The first kappa shape index (κ1) is 19.5. The van der Waals surface area contributed by atoms with Crippen molar-refractivity contribution in [3.8, 4) is 0 Å². The van der Waals surface area contributed by atoms with E-state index in [0.29, 0.717) is 4.91 Å². The number of aliphatic imine (C=N–C) groups is 1. The van der Waals surface area contributed by atoms with Crippen LogP contribution in [0.2, 0.25) is 5.02 Å². The molecule has 0 spiro atoms. The lowest BCUT2D eigenvalue weighted by Crippen LogP contribution is -2.19. The minimum absolute atomic E-state index is 0.139. The summed E-state index contributed by atoms with van der Waals surface area (Å²) in [5.41, 5.74) is 0.941. The number of carbonyl (C=O) groups excluding carboxylic acids is 1. The molecule has 1 fully saturated rings. The van der Waals surface area contributed by atoms with Gasteiger partial charge in [0, 0.05) is 11.6 Å². The molecule has 2 heterocycles. The van der Waals surface area contributed by atoms with Crippen molar-refractivity contribution in [2.24, 2.45) is 4.99 Å². The van der Waals surface area contributed by atoms with Gasteiger partial charge in [0.05, 0.1) is 26.7 Å². The largest absolute Gasteiger partial charge is 0.416 e. The highest BCUT2D eigenvalue weighted by Gasteiger charge is 2.31. The molecule has 29 heavy (non-hydrogen) atoms. The summed E-state index contributed by atoms with van der Waals surface area (Å²) in [5.74, 6) is -0.344. The Hall–Kier alpha value is -2.84. The highest BCUT2D eigenvalue weighted by molar-refractivity contribution is 8.18. The molecular formula is C20H11ClF3N3OS. The first-order valence-corrected chi connectivity index (χ1v) is 9.50. The molecule has 0 unspecified atom stereocenters. The molecule has 1 saturated heterocycles. The monoisotopic (exact) mass is 433 g/mol. The number of pyridine rings is 1. The Morgan fingerprint density at radius 1 is 1.14 bits per heavy atom. The smallest absolute Gasteiger partial charge is 0.300 e. The van der Waals surface area contributed by atoms with Gasteiger partial charge in [-0.2, -0.15) is 13.2 Å². The number of rotatable bonds is 2. The number of nitrogens with zero attached hydrogens (tertiary/aromatic N) is 2. The third-order valence-corrected chi connectivity index (χ3v) is 5.29. The van der Waals surface area contributed by atoms with Crippen LogP contribution in [0.25, 0.3) is 17.0 Å². The molecule has 0 atom stereocenters. The Bertz CT molecular complexity index is 1190. The lowest BCUT2D eigenvalue weighted by Gasteiger charge is -2.07. The fraction of sp³-hybridized carbons (Fsp3) is 0.0500. The van der Waals surface area contributed by atoms with Crippen LogP contribution in [0.1, 0.15) is 11.1 Å². The summed E-state index contributed by atoms with van der Waals surface area (Å²) < 4.78 is 38.2. The van der Waals surface area contributed by atoms with Crippen molar-refractivity contribution < 1.29 is 18.0 Å². The second-order valence-electron chi connectivity index (χ2n) is 6.10. The van der Waals surface area contributed by atoms with Gasteiger partial charge in [0.1, 0.15) is 0 Å². The Morgan fingerprint density at radius 2 is 1.97 bits per heavy atom. The van der Waals surface area contributed by atoms with E-state index >= 15 is 0 Å². The van der Waals surface area contributed by atoms with Gasteiger partial charge >= 0.3 is 6.18 Å². The van der Waals surface area contributed by atoms with Crippen molar-refractivity contribution in [2.75, 3.05) is 0 Å². The molecule has 2 aromatic carbocycles. The van der Waals surface area contributed by atoms with Gasteiger partial charge in [-0.25, -0.2) is 4.99 Å². The number of alkyl halides is 3. The number of hydrogen-bond acceptors (Lipinski definition) is 4. The fourth-order valence-electron chi connectivity index (χ4n) is 2.70. The number of carbonyl (C=O) groups is 1.